The molecule has 0 radical (unpaired) electrons. The summed E-state index contributed by atoms with van der Waals surface area (Å²) < 4.78 is 109. The number of aryl methyl sites for hydroxylation is 1. The van der Waals surface area contributed by atoms with Gasteiger partial charge in [-0.1, -0.05) is 12.1 Å². The zero-order chi connectivity index (χ0) is 27.7. The van der Waals surface area contributed by atoms with Crippen molar-refractivity contribution in [1.82, 2.24) is 19.7 Å². The van der Waals surface area contributed by atoms with Gasteiger partial charge in [0.05, 0.1) is 43.5 Å². The molecule has 1 aromatic heterocycles. The Kier molecular flexibility index (Phi) is 7.79. The van der Waals surface area contributed by atoms with Crippen LogP contribution in [-0.2, 0) is 41.2 Å². The zero-order valence-corrected chi connectivity index (χ0v) is 19.9. The van der Waals surface area contributed by atoms with Crippen molar-refractivity contribution in [2.75, 3.05) is 26.4 Å². The van der Waals surface area contributed by atoms with Crippen molar-refractivity contribution in [2.45, 2.75) is 30.7 Å². The van der Waals surface area contributed by atoms with Gasteiger partial charge >= 0.3 is 12.4 Å². The molecule has 2 heterocycles. The van der Waals surface area contributed by atoms with Crippen molar-refractivity contribution in [3.8, 4) is 0 Å². The van der Waals surface area contributed by atoms with Gasteiger partial charge in [-0.25, -0.2) is 9.37 Å². The van der Waals surface area contributed by atoms with Crippen molar-refractivity contribution in [3.63, 3.8) is 0 Å². The van der Waals surface area contributed by atoms with Crippen LogP contribution in [0, 0.1) is 5.82 Å². The van der Waals surface area contributed by atoms with Crippen LogP contribution in [0.3, 0.4) is 0 Å². The monoisotopic (exact) mass is 548 g/mol. The fourth-order valence-corrected chi connectivity index (χ4v) is 4.45. The van der Waals surface area contributed by atoms with Gasteiger partial charge < -0.3 is 14.6 Å². The Morgan fingerprint density at radius 1 is 1.05 bits per heavy atom. The Labute approximate surface area is 212 Å². The van der Waals surface area contributed by atoms with E-state index in [2.05, 4.69) is 10.1 Å². The molecular weight excluding hydrogens is 525 g/mol. The minimum absolute atomic E-state index is 0.00848. The number of rotatable bonds is 7. The number of alkyl halides is 6. The standard InChI is InChI=1S/C24H23F7N4O3/c1-34-14-32-20(33-34)13-35-6-8-37-22(38-9-7-36,21(35)15-2-4-19(25)5-3-15)16-10-17(23(26,27)28)12-18(11-16)24(29,30)31/h2-5,10-12,14,21,36H,6-9,13H2,1H3/t21-,22+/m0/s1. The number of aliphatic hydroxyl groups excluding tert-OH is 1. The van der Waals surface area contributed by atoms with E-state index in [0.29, 0.717) is 18.0 Å². The van der Waals surface area contributed by atoms with E-state index in [-0.39, 0.29) is 31.3 Å². The Hall–Kier alpha value is -3.07. The smallest absolute Gasteiger partial charge is 0.394 e. The second-order valence-electron chi connectivity index (χ2n) is 8.64. The van der Waals surface area contributed by atoms with E-state index < -0.39 is 59.9 Å². The summed E-state index contributed by atoms with van der Waals surface area (Å²) >= 11 is 0. The van der Waals surface area contributed by atoms with Gasteiger partial charge in [0, 0.05) is 19.2 Å². The summed E-state index contributed by atoms with van der Waals surface area (Å²) in [4.78, 5) is 5.82. The third kappa shape index (κ3) is 5.82. The molecule has 0 bridgehead atoms. The highest BCUT2D eigenvalue weighted by Crippen LogP contribution is 2.49. The highest BCUT2D eigenvalue weighted by Gasteiger charge is 2.51. The molecule has 0 amide bonds. The van der Waals surface area contributed by atoms with Gasteiger partial charge in [0.15, 0.2) is 5.82 Å². The van der Waals surface area contributed by atoms with E-state index in [0.717, 1.165) is 12.1 Å². The molecule has 1 saturated heterocycles. The number of aromatic nitrogens is 3. The van der Waals surface area contributed by atoms with E-state index in [1.54, 1.807) is 11.9 Å². The number of aliphatic hydroxyl groups is 1. The summed E-state index contributed by atoms with van der Waals surface area (Å²) in [6.45, 7) is -1.07. The van der Waals surface area contributed by atoms with Crippen LogP contribution in [0.2, 0.25) is 0 Å². The number of halogens is 7. The fourth-order valence-electron chi connectivity index (χ4n) is 4.45. The molecule has 1 N–H and O–H groups in total. The van der Waals surface area contributed by atoms with Crippen LogP contribution in [0.25, 0.3) is 0 Å². The molecule has 14 heteroatoms. The van der Waals surface area contributed by atoms with Gasteiger partial charge in [0.1, 0.15) is 12.1 Å². The molecule has 2 aromatic carbocycles. The highest BCUT2D eigenvalue weighted by atomic mass is 19.4. The number of nitrogens with zero attached hydrogens (tertiary/aromatic N) is 4. The van der Waals surface area contributed by atoms with Crippen LogP contribution in [0.4, 0.5) is 30.7 Å². The number of hydrogen-bond acceptors (Lipinski definition) is 6. The molecule has 7 nitrogen and oxygen atoms in total. The van der Waals surface area contributed by atoms with E-state index in [4.69, 9.17) is 9.47 Å². The molecule has 4 rings (SSSR count). The summed E-state index contributed by atoms with van der Waals surface area (Å²) in [5, 5.41) is 13.7. The molecule has 1 fully saturated rings. The van der Waals surface area contributed by atoms with Crippen LogP contribution in [0.5, 0.6) is 0 Å². The summed E-state index contributed by atoms with van der Waals surface area (Å²) in [5.41, 5.74) is -3.40. The Morgan fingerprint density at radius 3 is 2.21 bits per heavy atom. The SMILES string of the molecule is Cn1cnc(CN2CCO[C@@](OCCO)(c3cc(C(F)(F)F)cc(C(F)(F)F)c3)[C@@H]2c2ccc(F)cc2)n1. The third-order valence-corrected chi connectivity index (χ3v) is 6.00. The van der Waals surface area contributed by atoms with Crippen molar-refractivity contribution in [1.29, 1.82) is 0 Å². The molecular formula is C24H23F7N4O3. The lowest BCUT2D eigenvalue weighted by molar-refractivity contribution is -0.310. The third-order valence-electron chi connectivity index (χ3n) is 6.00. The van der Waals surface area contributed by atoms with Crippen molar-refractivity contribution in [2.24, 2.45) is 7.05 Å². The van der Waals surface area contributed by atoms with Crippen LogP contribution < -0.4 is 0 Å². The minimum Gasteiger partial charge on any atom is -0.394 e. The molecule has 1 aliphatic heterocycles. The van der Waals surface area contributed by atoms with Gasteiger partial charge in [-0.15, -0.1) is 0 Å². The molecule has 38 heavy (non-hydrogen) atoms. The first-order chi connectivity index (χ1) is 17.8. The van der Waals surface area contributed by atoms with Crippen LogP contribution in [0.1, 0.15) is 34.1 Å². The molecule has 3 aromatic rings. The highest BCUT2D eigenvalue weighted by molar-refractivity contribution is 5.39. The summed E-state index contributed by atoms with van der Waals surface area (Å²) in [5.74, 6) is -2.55. The van der Waals surface area contributed by atoms with Gasteiger partial charge in [0.2, 0.25) is 5.79 Å². The Bertz CT molecular complexity index is 1210. The minimum atomic E-state index is -5.12. The molecule has 0 aliphatic carbocycles. The van der Waals surface area contributed by atoms with Crippen molar-refractivity contribution >= 4 is 0 Å². The van der Waals surface area contributed by atoms with Crippen molar-refractivity contribution < 1.29 is 45.3 Å². The normalized spacial score (nSPS) is 21.1. The summed E-state index contributed by atoms with van der Waals surface area (Å²) in [6, 6.07) is 4.77. The average Bonchev–Trinajstić information content (AvgIpc) is 3.26. The number of hydrogen-bond donors (Lipinski definition) is 1. The summed E-state index contributed by atoms with van der Waals surface area (Å²) in [6.07, 6.45) is -8.81. The molecule has 206 valence electrons. The molecule has 0 saturated carbocycles. The zero-order valence-electron chi connectivity index (χ0n) is 19.9. The molecule has 0 spiro atoms. The van der Waals surface area contributed by atoms with E-state index in [1.165, 1.54) is 23.1 Å². The Balaban J connectivity index is 1.96. The van der Waals surface area contributed by atoms with E-state index in [1.807, 2.05) is 0 Å². The average molecular weight is 548 g/mol. The van der Waals surface area contributed by atoms with E-state index >= 15 is 0 Å². The Morgan fingerprint density at radius 2 is 1.68 bits per heavy atom. The maximum atomic E-state index is 13.8. The van der Waals surface area contributed by atoms with Gasteiger partial charge in [-0.3, -0.25) is 9.58 Å². The van der Waals surface area contributed by atoms with Gasteiger partial charge in [-0.2, -0.15) is 31.4 Å². The van der Waals surface area contributed by atoms with Gasteiger partial charge in [0.25, 0.3) is 0 Å². The topological polar surface area (TPSA) is 72.6 Å². The lowest BCUT2D eigenvalue weighted by Crippen LogP contribution is -2.54. The maximum absolute atomic E-state index is 13.8. The quantitative estimate of drug-likeness (QED) is 0.441. The second kappa shape index (κ2) is 10.6. The first-order valence-electron chi connectivity index (χ1n) is 11.4. The van der Waals surface area contributed by atoms with Crippen molar-refractivity contribution in [3.05, 3.63) is 82.7 Å². The number of benzene rings is 2. The molecule has 0 unspecified atom stereocenters. The first-order valence-corrected chi connectivity index (χ1v) is 11.4. The predicted octanol–water partition coefficient (Wildman–Crippen LogP) is 4.43. The second-order valence-corrected chi connectivity index (χ2v) is 8.64. The fraction of sp³-hybridized carbons (Fsp3) is 0.417. The lowest BCUT2D eigenvalue weighted by atomic mass is 9.87. The maximum Gasteiger partial charge on any atom is 0.416 e. The number of morpholine rings is 1. The predicted molar refractivity (Wildman–Crippen MR) is 118 cm³/mol. The largest absolute Gasteiger partial charge is 0.416 e. The summed E-state index contributed by atoms with van der Waals surface area (Å²) in [7, 11) is 1.63. The number of ether oxygens (including phenoxy) is 2. The lowest BCUT2D eigenvalue weighted by Gasteiger charge is -2.49. The van der Waals surface area contributed by atoms with Crippen LogP contribution in [0.15, 0.2) is 48.8 Å². The van der Waals surface area contributed by atoms with Crippen LogP contribution >= 0.6 is 0 Å². The van der Waals surface area contributed by atoms with Crippen LogP contribution in [-0.4, -0.2) is 51.1 Å². The molecule has 2 atom stereocenters. The molecule has 1 aliphatic rings. The van der Waals surface area contributed by atoms with Gasteiger partial charge in [-0.05, 0) is 35.9 Å². The van der Waals surface area contributed by atoms with E-state index in [9.17, 15) is 35.8 Å². The first kappa shape index (κ1) is 28.0.